The van der Waals surface area contributed by atoms with Crippen molar-refractivity contribution in [3.05, 3.63) is 52.5 Å². The Kier molecular flexibility index (Phi) is 3.82. The summed E-state index contributed by atoms with van der Waals surface area (Å²) in [4.78, 5) is 6.18. The normalized spacial score (nSPS) is 13.9. The zero-order valence-electron chi connectivity index (χ0n) is 11.1. The molecule has 0 unspecified atom stereocenters. The molecule has 3 rings (SSSR count). The fourth-order valence-electron chi connectivity index (χ4n) is 2.22. The van der Waals surface area contributed by atoms with Crippen molar-refractivity contribution in [2.45, 2.75) is 6.36 Å². The number of alkyl halides is 3. The standard InChI is InChI=1S/C15H10BrF3N2O/c16-11-1-6-14-10(7-11)8-20-9-21(14)12-2-4-13(5-3-12)22-15(17,18)19/h1-8H,9H2. The molecular formula is C15H10BrF3N2O. The van der Waals surface area contributed by atoms with E-state index in [1.165, 1.54) is 12.1 Å². The molecule has 1 heterocycles. The molecule has 0 fully saturated rings. The van der Waals surface area contributed by atoms with Crippen LogP contribution in [0.5, 0.6) is 5.75 Å². The number of nitrogens with zero attached hydrogens (tertiary/aromatic N) is 2. The van der Waals surface area contributed by atoms with Gasteiger partial charge in [-0.3, -0.25) is 4.99 Å². The number of halogens is 4. The number of aliphatic imine (C=N–C) groups is 1. The lowest BCUT2D eigenvalue weighted by molar-refractivity contribution is -0.274. The molecule has 0 bridgehead atoms. The third kappa shape index (κ3) is 3.24. The summed E-state index contributed by atoms with van der Waals surface area (Å²) >= 11 is 3.40. The van der Waals surface area contributed by atoms with Gasteiger partial charge in [-0.15, -0.1) is 13.2 Å². The third-order valence-electron chi connectivity index (χ3n) is 3.12. The largest absolute Gasteiger partial charge is 0.573 e. The van der Waals surface area contributed by atoms with Gasteiger partial charge in [0.1, 0.15) is 12.4 Å². The van der Waals surface area contributed by atoms with E-state index in [1.807, 2.05) is 23.1 Å². The highest BCUT2D eigenvalue weighted by Gasteiger charge is 2.31. The van der Waals surface area contributed by atoms with Gasteiger partial charge >= 0.3 is 6.36 Å². The number of hydrogen-bond acceptors (Lipinski definition) is 3. The smallest absolute Gasteiger partial charge is 0.406 e. The lowest BCUT2D eigenvalue weighted by Gasteiger charge is -2.27. The molecule has 0 saturated heterocycles. The van der Waals surface area contributed by atoms with E-state index in [0.29, 0.717) is 6.67 Å². The molecule has 3 nitrogen and oxygen atoms in total. The first-order valence-corrected chi connectivity index (χ1v) is 7.14. The average molecular weight is 371 g/mol. The molecule has 0 amide bonds. The minimum absolute atomic E-state index is 0.243. The molecule has 0 radical (unpaired) electrons. The van der Waals surface area contributed by atoms with Gasteiger partial charge in [0.25, 0.3) is 0 Å². The van der Waals surface area contributed by atoms with Crippen molar-refractivity contribution >= 4 is 33.5 Å². The van der Waals surface area contributed by atoms with Crippen LogP contribution in [0.15, 0.2) is 51.9 Å². The second-order valence-corrected chi connectivity index (χ2v) is 5.54. The van der Waals surface area contributed by atoms with Gasteiger partial charge in [0, 0.05) is 21.9 Å². The minimum atomic E-state index is -4.68. The Morgan fingerprint density at radius 3 is 2.50 bits per heavy atom. The van der Waals surface area contributed by atoms with E-state index in [-0.39, 0.29) is 5.75 Å². The van der Waals surface area contributed by atoms with Crippen molar-refractivity contribution in [3.63, 3.8) is 0 Å². The lowest BCUT2D eigenvalue weighted by Crippen LogP contribution is -2.22. The quantitative estimate of drug-likeness (QED) is 0.752. The summed E-state index contributed by atoms with van der Waals surface area (Å²) < 4.78 is 41.3. The minimum Gasteiger partial charge on any atom is -0.406 e. The molecule has 7 heteroatoms. The summed E-state index contributed by atoms with van der Waals surface area (Å²) in [5, 5.41) is 0. The fourth-order valence-corrected chi connectivity index (χ4v) is 2.60. The highest BCUT2D eigenvalue weighted by atomic mass is 79.9. The maximum absolute atomic E-state index is 12.2. The monoisotopic (exact) mass is 370 g/mol. The molecule has 0 aliphatic carbocycles. The molecule has 114 valence electrons. The first-order chi connectivity index (χ1) is 10.4. The van der Waals surface area contributed by atoms with Crippen LogP contribution in [0.4, 0.5) is 24.5 Å². The Morgan fingerprint density at radius 1 is 1.09 bits per heavy atom. The Labute approximate surface area is 133 Å². The second-order valence-electron chi connectivity index (χ2n) is 4.63. The van der Waals surface area contributed by atoms with Crippen molar-refractivity contribution < 1.29 is 17.9 Å². The van der Waals surface area contributed by atoms with E-state index in [1.54, 1.807) is 18.3 Å². The maximum Gasteiger partial charge on any atom is 0.573 e. The molecule has 0 saturated carbocycles. The predicted molar refractivity (Wildman–Crippen MR) is 81.9 cm³/mol. The Balaban J connectivity index is 1.88. The molecule has 0 spiro atoms. The summed E-state index contributed by atoms with van der Waals surface area (Å²) in [6, 6.07) is 11.5. The topological polar surface area (TPSA) is 24.8 Å². The first kappa shape index (κ1) is 14.9. The fraction of sp³-hybridized carbons (Fsp3) is 0.133. The average Bonchev–Trinajstić information content (AvgIpc) is 2.45. The summed E-state index contributed by atoms with van der Waals surface area (Å²) in [6.07, 6.45) is -2.91. The molecular weight excluding hydrogens is 361 g/mol. The molecule has 2 aromatic rings. The van der Waals surface area contributed by atoms with Gasteiger partial charge in [0.05, 0.1) is 5.69 Å². The van der Waals surface area contributed by atoms with Crippen LogP contribution in [-0.2, 0) is 0 Å². The van der Waals surface area contributed by atoms with Crippen molar-refractivity contribution in [1.29, 1.82) is 0 Å². The summed E-state index contributed by atoms with van der Waals surface area (Å²) in [7, 11) is 0. The molecule has 22 heavy (non-hydrogen) atoms. The summed E-state index contributed by atoms with van der Waals surface area (Å²) in [6.45, 7) is 0.411. The lowest BCUT2D eigenvalue weighted by atomic mass is 10.1. The SMILES string of the molecule is FC(F)(F)Oc1ccc(N2CN=Cc3cc(Br)ccc32)cc1. The van der Waals surface area contributed by atoms with E-state index in [2.05, 4.69) is 25.7 Å². The predicted octanol–water partition coefficient (Wildman–Crippen LogP) is 4.88. The number of benzene rings is 2. The van der Waals surface area contributed by atoms with E-state index in [4.69, 9.17) is 0 Å². The maximum atomic E-state index is 12.2. The van der Waals surface area contributed by atoms with Gasteiger partial charge in [-0.05, 0) is 42.5 Å². The summed E-state index contributed by atoms with van der Waals surface area (Å²) in [5.41, 5.74) is 2.63. The Bertz CT molecular complexity index is 714. The number of anilines is 2. The van der Waals surface area contributed by atoms with Gasteiger partial charge in [0.15, 0.2) is 0 Å². The molecule has 1 aliphatic heterocycles. The van der Waals surface area contributed by atoms with Crippen LogP contribution >= 0.6 is 15.9 Å². The van der Waals surface area contributed by atoms with Gasteiger partial charge in [-0.25, -0.2) is 0 Å². The van der Waals surface area contributed by atoms with Crippen LogP contribution in [0.3, 0.4) is 0 Å². The van der Waals surface area contributed by atoms with Gasteiger partial charge in [-0.2, -0.15) is 0 Å². The van der Waals surface area contributed by atoms with E-state index in [9.17, 15) is 13.2 Å². The highest BCUT2D eigenvalue weighted by Crippen LogP contribution is 2.33. The van der Waals surface area contributed by atoms with Crippen molar-refractivity contribution in [2.24, 2.45) is 4.99 Å². The molecule has 1 aliphatic rings. The summed E-state index contributed by atoms with van der Waals surface area (Å²) in [5.74, 6) is -0.243. The van der Waals surface area contributed by atoms with Crippen LogP contribution in [0.1, 0.15) is 5.56 Å². The van der Waals surface area contributed by atoms with Crippen molar-refractivity contribution in [2.75, 3.05) is 11.6 Å². The number of fused-ring (bicyclic) bond motifs is 1. The molecule has 0 aromatic heterocycles. The Hall–Kier alpha value is -2.02. The molecule has 2 aromatic carbocycles. The number of rotatable bonds is 2. The molecule has 0 N–H and O–H groups in total. The van der Waals surface area contributed by atoms with Crippen molar-refractivity contribution in [1.82, 2.24) is 0 Å². The van der Waals surface area contributed by atoms with Crippen LogP contribution in [0.2, 0.25) is 0 Å². The van der Waals surface area contributed by atoms with E-state index in [0.717, 1.165) is 21.4 Å². The number of ether oxygens (including phenoxy) is 1. The second kappa shape index (κ2) is 5.64. The highest BCUT2D eigenvalue weighted by molar-refractivity contribution is 9.10. The van der Waals surface area contributed by atoms with Crippen LogP contribution in [0.25, 0.3) is 0 Å². The molecule has 0 atom stereocenters. The van der Waals surface area contributed by atoms with Gasteiger partial charge < -0.3 is 9.64 Å². The van der Waals surface area contributed by atoms with Crippen LogP contribution < -0.4 is 9.64 Å². The van der Waals surface area contributed by atoms with Gasteiger partial charge in [0.2, 0.25) is 0 Å². The van der Waals surface area contributed by atoms with Crippen molar-refractivity contribution in [3.8, 4) is 5.75 Å². The first-order valence-electron chi connectivity index (χ1n) is 6.35. The van der Waals surface area contributed by atoms with Crippen LogP contribution in [-0.4, -0.2) is 19.2 Å². The van der Waals surface area contributed by atoms with E-state index < -0.39 is 6.36 Å². The zero-order valence-corrected chi connectivity index (χ0v) is 12.7. The van der Waals surface area contributed by atoms with Crippen LogP contribution in [0, 0.1) is 0 Å². The van der Waals surface area contributed by atoms with E-state index >= 15 is 0 Å². The number of hydrogen-bond donors (Lipinski definition) is 0. The van der Waals surface area contributed by atoms with Gasteiger partial charge in [-0.1, -0.05) is 15.9 Å². The third-order valence-corrected chi connectivity index (χ3v) is 3.61. The zero-order chi connectivity index (χ0) is 15.7. The Morgan fingerprint density at radius 2 is 1.82 bits per heavy atom.